The van der Waals surface area contributed by atoms with Gasteiger partial charge in [0.1, 0.15) is 11.3 Å². The minimum atomic E-state index is 0.526. The third-order valence-corrected chi connectivity index (χ3v) is 3.19. The number of fused-ring (bicyclic) bond motifs is 1. The Morgan fingerprint density at radius 2 is 1.95 bits per heavy atom. The first-order valence-corrected chi connectivity index (χ1v) is 6.38. The fraction of sp³-hybridized carbons (Fsp3) is 0.133. The van der Waals surface area contributed by atoms with Crippen LogP contribution in [0.3, 0.4) is 0 Å². The molecule has 0 aliphatic carbocycles. The van der Waals surface area contributed by atoms with Crippen LogP contribution in [0.1, 0.15) is 5.56 Å². The average Bonchev–Trinajstić information content (AvgIpc) is 2.53. The summed E-state index contributed by atoms with van der Waals surface area (Å²) in [5.74, 6) is 0.826. The maximum Gasteiger partial charge on any atom is 0.180 e. The SMILES string of the molecule is CN(c1cccc(CN)c1)c1ccc2nccnc2n1. The fourth-order valence-corrected chi connectivity index (χ4v) is 2.06. The lowest BCUT2D eigenvalue weighted by atomic mass is 10.2. The zero-order chi connectivity index (χ0) is 13.9. The van der Waals surface area contributed by atoms with E-state index in [1.807, 2.05) is 42.3 Å². The minimum Gasteiger partial charge on any atom is -0.329 e. The number of hydrogen-bond donors (Lipinski definition) is 1. The van der Waals surface area contributed by atoms with Gasteiger partial charge in [0.25, 0.3) is 0 Å². The lowest BCUT2D eigenvalue weighted by molar-refractivity contribution is 1.06. The Labute approximate surface area is 117 Å². The summed E-state index contributed by atoms with van der Waals surface area (Å²) in [6.45, 7) is 0.526. The first-order chi connectivity index (χ1) is 9.78. The van der Waals surface area contributed by atoms with Crippen LogP contribution in [0.5, 0.6) is 0 Å². The van der Waals surface area contributed by atoms with E-state index in [4.69, 9.17) is 5.73 Å². The molecule has 3 rings (SSSR count). The zero-order valence-corrected chi connectivity index (χ0v) is 11.2. The van der Waals surface area contributed by atoms with Gasteiger partial charge in [0, 0.05) is 31.7 Å². The van der Waals surface area contributed by atoms with Crippen molar-refractivity contribution in [3.05, 3.63) is 54.4 Å². The molecule has 0 fully saturated rings. The Morgan fingerprint density at radius 3 is 2.80 bits per heavy atom. The number of pyridine rings is 1. The number of nitrogens with two attached hydrogens (primary N) is 1. The van der Waals surface area contributed by atoms with Gasteiger partial charge in [-0.25, -0.2) is 9.97 Å². The van der Waals surface area contributed by atoms with Crippen molar-refractivity contribution in [2.24, 2.45) is 5.73 Å². The van der Waals surface area contributed by atoms with Gasteiger partial charge in [-0.3, -0.25) is 4.98 Å². The van der Waals surface area contributed by atoms with Crippen molar-refractivity contribution in [2.45, 2.75) is 6.54 Å². The predicted molar refractivity (Wildman–Crippen MR) is 79.7 cm³/mol. The second-order valence-electron chi connectivity index (χ2n) is 4.50. The van der Waals surface area contributed by atoms with Crippen molar-refractivity contribution in [3.63, 3.8) is 0 Å². The first-order valence-electron chi connectivity index (χ1n) is 6.38. The van der Waals surface area contributed by atoms with Gasteiger partial charge in [-0.1, -0.05) is 12.1 Å². The summed E-state index contributed by atoms with van der Waals surface area (Å²) in [7, 11) is 1.97. The van der Waals surface area contributed by atoms with E-state index >= 15 is 0 Å². The van der Waals surface area contributed by atoms with E-state index in [9.17, 15) is 0 Å². The van der Waals surface area contributed by atoms with Crippen LogP contribution in [-0.2, 0) is 6.54 Å². The van der Waals surface area contributed by atoms with Crippen LogP contribution in [0.25, 0.3) is 11.2 Å². The van der Waals surface area contributed by atoms with Crippen LogP contribution in [0.4, 0.5) is 11.5 Å². The third kappa shape index (κ3) is 2.31. The molecule has 0 bridgehead atoms. The van der Waals surface area contributed by atoms with E-state index in [-0.39, 0.29) is 0 Å². The number of benzene rings is 1. The average molecular weight is 265 g/mol. The molecule has 0 aliphatic heterocycles. The summed E-state index contributed by atoms with van der Waals surface area (Å²) >= 11 is 0. The molecule has 0 saturated heterocycles. The quantitative estimate of drug-likeness (QED) is 0.786. The lowest BCUT2D eigenvalue weighted by Gasteiger charge is -2.19. The Hall–Kier alpha value is -2.53. The Balaban J connectivity index is 2.00. The molecule has 0 spiro atoms. The number of rotatable bonds is 3. The maximum absolute atomic E-state index is 5.68. The molecule has 20 heavy (non-hydrogen) atoms. The highest BCUT2D eigenvalue weighted by Gasteiger charge is 2.07. The number of nitrogens with zero attached hydrogens (tertiary/aromatic N) is 4. The second-order valence-corrected chi connectivity index (χ2v) is 4.50. The van der Waals surface area contributed by atoms with Crippen molar-refractivity contribution in [2.75, 3.05) is 11.9 Å². The van der Waals surface area contributed by atoms with Gasteiger partial charge in [-0.2, -0.15) is 0 Å². The van der Waals surface area contributed by atoms with E-state index in [1.165, 1.54) is 0 Å². The molecule has 0 saturated carbocycles. The van der Waals surface area contributed by atoms with E-state index in [0.717, 1.165) is 22.6 Å². The molecule has 3 aromatic rings. The number of anilines is 2. The van der Waals surface area contributed by atoms with Crippen molar-refractivity contribution in [1.29, 1.82) is 0 Å². The highest BCUT2D eigenvalue weighted by atomic mass is 15.2. The molecule has 2 aromatic heterocycles. The molecule has 0 radical (unpaired) electrons. The Morgan fingerprint density at radius 1 is 1.10 bits per heavy atom. The molecule has 100 valence electrons. The lowest BCUT2D eigenvalue weighted by Crippen LogP contribution is -2.12. The van der Waals surface area contributed by atoms with Crippen LogP contribution in [0.15, 0.2) is 48.8 Å². The van der Waals surface area contributed by atoms with E-state index in [2.05, 4.69) is 21.0 Å². The molecular weight excluding hydrogens is 250 g/mol. The maximum atomic E-state index is 5.68. The molecule has 0 unspecified atom stereocenters. The second kappa shape index (κ2) is 5.22. The van der Waals surface area contributed by atoms with Gasteiger partial charge >= 0.3 is 0 Å². The summed E-state index contributed by atoms with van der Waals surface area (Å²) in [4.78, 5) is 15.0. The van der Waals surface area contributed by atoms with Crippen LogP contribution in [-0.4, -0.2) is 22.0 Å². The predicted octanol–water partition coefficient (Wildman–Crippen LogP) is 2.25. The van der Waals surface area contributed by atoms with Crippen molar-refractivity contribution in [3.8, 4) is 0 Å². The molecule has 2 N–H and O–H groups in total. The van der Waals surface area contributed by atoms with Gasteiger partial charge < -0.3 is 10.6 Å². The van der Waals surface area contributed by atoms with Gasteiger partial charge in [-0.15, -0.1) is 0 Å². The third-order valence-electron chi connectivity index (χ3n) is 3.19. The Kier molecular flexibility index (Phi) is 3.26. The normalized spacial score (nSPS) is 10.7. The molecule has 5 heteroatoms. The Bertz CT molecular complexity index is 741. The molecule has 0 aliphatic rings. The highest BCUT2D eigenvalue weighted by Crippen LogP contribution is 2.23. The van der Waals surface area contributed by atoms with Crippen LogP contribution >= 0.6 is 0 Å². The molecular formula is C15H15N5. The fourth-order valence-electron chi connectivity index (χ4n) is 2.06. The monoisotopic (exact) mass is 265 g/mol. The largest absolute Gasteiger partial charge is 0.329 e. The number of aromatic nitrogens is 3. The summed E-state index contributed by atoms with van der Waals surface area (Å²) < 4.78 is 0. The minimum absolute atomic E-state index is 0.526. The molecule has 0 amide bonds. The van der Waals surface area contributed by atoms with Gasteiger partial charge in [0.05, 0.1) is 0 Å². The zero-order valence-electron chi connectivity index (χ0n) is 11.2. The summed E-state index contributed by atoms with van der Waals surface area (Å²) in [6.07, 6.45) is 3.31. The number of hydrogen-bond acceptors (Lipinski definition) is 5. The molecule has 2 heterocycles. The van der Waals surface area contributed by atoms with Crippen LogP contribution < -0.4 is 10.6 Å². The van der Waals surface area contributed by atoms with E-state index < -0.39 is 0 Å². The van der Waals surface area contributed by atoms with Crippen molar-refractivity contribution < 1.29 is 0 Å². The summed E-state index contributed by atoms with van der Waals surface area (Å²) in [5, 5.41) is 0. The van der Waals surface area contributed by atoms with E-state index in [0.29, 0.717) is 12.2 Å². The van der Waals surface area contributed by atoms with Crippen LogP contribution in [0.2, 0.25) is 0 Å². The van der Waals surface area contributed by atoms with E-state index in [1.54, 1.807) is 12.4 Å². The smallest absolute Gasteiger partial charge is 0.180 e. The van der Waals surface area contributed by atoms with Gasteiger partial charge in [-0.05, 0) is 29.8 Å². The molecule has 5 nitrogen and oxygen atoms in total. The van der Waals surface area contributed by atoms with Crippen LogP contribution in [0, 0.1) is 0 Å². The van der Waals surface area contributed by atoms with Crippen molar-refractivity contribution in [1.82, 2.24) is 15.0 Å². The van der Waals surface area contributed by atoms with Gasteiger partial charge in [0.15, 0.2) is 5.65 Å². The summed E-state index contributed by atoms with van der Waals surface area (Å²) in [5.41, 5.74) is 9.25. The standard InChI is InChI=1S/C15H15N5/c1-20(12-4-2-3-11(9-12)10-16)14-6-5-13-15(19-14)18-8-7-17-13/h2-9H,10,16H2,1H3. The highest BCUT2D eigenvalue weighted by molar-refractivity contribution is 5.73. The molecule has 0 atom stereocenters. The molecule has 1 aromatic carbocycles. The van der Waals surface area contributed by atoms with Crippen molar-refractivity contribution >= 4 is 22.7 Å². The summed E-state index contributed by atoms with van der Waals surface area (Å²) in [6, 6.07) is 12.0. The van der Waals surface area contributed by atoms with Gasteiger partial charge in [0.2, 0.25) is 0 Å². The first kappa shape index (κ1) is 12.5. The topological polar surface area (TPSA) is 67.9 Å².